The number of hydrogen-bond acceptors (Lipinski definition) is 3. The lowest BCUT2D eigenvalue weighted by Crippen LogP contribution is -2.60. The van der Waals surface area contributed by atoms with E-state index in [0.29, 0.717) is 21.3 Å². The molecule has 0 aliphatic carbocycles. The highest BCUT2D eigenvalue weighted by molar-refractivity contribution is 6.45. The first kappa shape index (κ1) is 15.8. The molecule has 0 bridgehead atoms. The third-order valence-electron chi connectivity index (χ3n) is 5.33. The molecule has 0 unspecified atom stereocenters. The Kier molecular flexibility index (Phi) is 3.54. The monoisotopic (exact) mass is 362 g/mol. The zero-order valence-electron chi connectivity index (χ0n) is 13.1. The summed E-state index contributed by atoms with van der Waals surface area (Å²) in [7, 11) is 1.79. The molecule has 0 radical (unpaired) electrons. The second-order valence-electron chi connectivity index (χ2n) is 6.50. The van der Waals surface area contributed by atoms with E-state index in [1.54, 1.807) is 17.7 Å². The molecule has 1 fully saturated rings. The molecule has 2 N–H and O–H groups in total. The van der Waals surface area contributed by atoms with Crippen molar-refractivity contribution in [2.75, 3.05) is 13.1 Å². The van der Waals surface area contributed by atoms with Crippen LogP contribution in [-0.4, -0.2) is 29.1 Å². The maximum Gasteiger partial charge on any atom is 0.268 e. The molecular formula is C17H16Cl2N4O. The van der Waals surface area contributed by atoms with Crippen LogP contribution in [0, 0.1) is 11.3 Å². The standard InChI is InChI=1S/C17H16Cl2N4O/c1-23-14-9(2-3-11(18)13(14)19)12-10(8-20)17(4-6-21-7-5-17)22-16(24)15(12)23/h2-3,10,21H,4-7H2,1H3,(H,22,24)/t10-/m0/s1. The molecule has 2 aliphatic heterocycles. The SMILES string of the molecule is Cn1c2c(c3ccc(Cl)c(Cl)c31)[C@H](C#N)C1(CCNCC1)NC2=O. The van der Waals surface area contributed by atoms with E-state index in [-0.39, 0.29) is 5.91 Å². The second kappa shape index (κ2) is 5.38. The van der Waals surface area contributed by atoms with Gasteiger partial charge in [-0.1, -0.05) is 29.3 Å². The molecule has 1 aromatic heterocycles. The zero-order valence-corrected chi connectivity index (χ0v) is 14.6. The first-order valence-electron chi connectivity index (χ1n) is 7.89. The lowest BCUT2D eigenvalue weighted by atomic mass is 9.71. The van der Waals surface area contributed by atoms with E-state index < -0.39 is 11.5 Å². The topological polar surface area (TPSA) is 69.8 Å². The van der Waals surface area contributed by atoms with E-state index in [1.165, 1.54) is 0 Å². The average Bonchev–Trinajstić information content (AvgIpc) is 2.86. The van der Waals surface area contributed by atoms with Gasteiger partial charge in [0.05, 0.1) is 33.1 Å². The van der Waals surface area contributed by atoms with Crippen molar-refractivity contribution >= 4 is 40.0 Å². The maximum absolute atomic E-state index is 12.9. The van der Waals surface area contributed by atoms with E-state index in [4.69, 9.17) is 23.2 Å². The van der Waals surface area contributed by atoms with Gasteiger partial charge in [0.25, 0.3) is 5.91 Å². The van der Waals surface area contributed by atoms with Crippen LogP contribution in [0.25, 0.3) is 10.9 Å². The van der Waals surface area contributed by atoms with Gasteiger partial charge in [-0.05, 0) is 32.0 Å². The summed E-state index contributed by atoms with van der Waals surface area (Å²) in [4.78, 5) is 12.9. The van der Waals surface area contributed by atoms with Crippen molar-refractivity contribution in [3.63, 3.8) is 0 Å². The van der Waals surface area contributed by atoms with Crippen LogP contribution in [0.4, 0.5) is 0 Å². The predicted molar refractivity (Wildman–Crippen MR) is 93.6 cm³/mol. The third-order valence-corrected chi connectivity index (χ3v) is 6.12. The summed E-state index contributed by atoms with van der Waals surface area (Å²) in [6, 6.07) is 6.03. The molecule has 24 heavy (non-hydrogen) atoms. The van der Waals surface area contributed by atoms with Crippen LogP contribution >= 0.6 is 23.2 Å². The summed E-state index contributed by atoms with van der Waals surface area (Å²) < 4.78 is 1.76. The van der Waals surface area contributed by atoms with Gasteiger partial charge in [0.1, 0.15) is 5.69 Å². The first-order valence-corrected chi connectivity index (χ1v) is 8.65. The summed E-state index contributed by atoms with van der Waals surface area (Å²) in [6.45, 7) is 1.57. The fourth-order valence-electron chi connectivity index (χ4n) is 4.18. The Hall–Kier alpha value is -1.74. The molecule has 3 heterocycles. The third kappa shape index (κ3) is 1.94. The summed E-state index contributed by atoms with van der Waals surface area (Å²) in [5.41, 5.74) is 1.46. The molecule has 1 saturated heterocycles. The number of nitrogens with one attached hydrogen (secondary N) is 2. The Morgan fingerprint density at radius 2 is 2.04 bits per heavy atom. The molecule has 124 valence electrons. The smallest absolute Gasteiger partial charge is 0.268 e. The van der Waals surface area contributed by atoms with E-state index in [0.717, 1.165) is 36.9 Å². The predicted octanol–water partition coefficient (Wildman–Crippen LogP) is 2.96. The fraction of sp³-hybridized carbons (Fsp3) is 0.412. The highest BCUT2D eigenvalue weighted by atomic mass is 35.5. The fourth-order valence-corrected chi connectivity index (χ4v) is 4.62. The number of carbonyl (C=O) groups is 1. The highest BCUT2D eigenvalue weighted by Gasteiger charge is 2.49. The zero-order chi connectivity index (χ0) is 17.1. The minimum atomic E-state index is -0.523. The van der Waals surface area contributed by atoms with Crippen LogP contribution in [0.3, 0.4) is 0 Å². The lowest BCUT2D eigenvalue weighted by Gasteiger charge is -2.44. The van der Waals surface area contributed by atoms with Crippen LogP contribution in [0.15, 0.2) is 12.1 Å². The second-order valence-corrected chi connectivity index (χ2v) is 7.29. The number of nitrogens with zero attached hydrogens (tertiary/aromatic N) is 2. The van der Waals surface area contributed by atoms with Crippen LogP contribution in [0.2, 0.25) is 10.0 Å². The van der Waals surface area contributed by atoms with Gasteiger partial charge in [0.15, 0.2) is 0 Å². The lowest BCUT2D eigenvalue weighted by molar-refractivity contribution is 0.0827. The number of rotatable bonds is 0. The van der Waals surface area contributed by atoms with Crippen LogP contribution in [-0.2, 0) is 7.05 Å². The maximum atomic E-state index is 12.9. The Bertz CT molecular complexity index is 906. The molecule has 1 aromatic carbocycles. The summed E-state index contributed by atoms with van der Waals surface area (Å²) >= 11 is 12.5. The molecule has 5 nitrogen and oxygen atoms in total. The van der Waals surface area contributed by atoms with Gasteiger partial charge in [-0.3, -0.25) is 4.79 Å². The highest BCUT2D eigenvalue weighted by Crippen LogP contribution is 2.46. The van der Waals surface area contributed by atoms with Crippen molar-refractivity contribution in [3.05, 3.63) is 33.4 Å². The molecule has 1 spiro atoms. The number of aryl methyl sites for hydroxylation is 1. The molecule has 1 atom stereocenters. The Labute approximate surface area is 149 Å². The number of benzene rings is 1. The molecule has 2 aliphatic rings. The number of hydrogen-bond donors (Lipinski definition) is 2. The number of piperidine rings is 1. The summed E-state index contributed by atoms with van der Waals surface area (Å²) in [6.07, 6.45) is 1.46. The van der Waals surface area contributed by atoms with Gasteiger partial charge in [0, 0.05) is 18.0 Å². The summed E-state index contributed by atoms with van der Waals surface area (Å²) in [5, 5.41) is 18.0. The Morgan fingerprint density at radius 3 is 2.71 bits per heavy atom. The van der Waals surface area contributed by atoms with E-state index >= 15 is 0 Å². The van der Waals surface area contributed by atoms with Crippen molar-refractivity contribution < 1.29 is 4.79 Å². The van der Waals surface area contributed by atoms with Crippen molar-refractivity contribution in [3.8, 4) is 6.07 Å². The van der Waals surface area contributed by atoms with Gasteiger partial charge in [-0.2, -0.15) is 5.26 Å². The summed E-state index contributed by atoms with van der Waals surface area (Å²) in [5.74, 6) is -0.558. The van der Waals surface area contributed by atoms with Crippen molar-refractivity contribution in [2.45, 2.75) is 24.3 Å². The van der Waals surface area contributed by atoms with Crippen LogP contribution in [0.5, 0.6) is 0 Å². The number of amides is 1. The van der Waals surface area contributed by atoms with Gasteiger partial charge in [-0.25, -0.2) is 0 Å². The Balaban J connectivity index is 2.05. The van der Waals surface area contributed by atoms with Crippen molar-refractivity contribution in [1.29, 1.82) is 5.26 Å². The first-order chi connectivity index (χ1) is 11.5. The minimum absolute atomic E-state index is 0.149. The van der Waals surface area contributed by atoms with E-state index in [1.807, 2.05) is 6.07 Å². The van der Waals surface area contributed by atoms with E-state index in [2.05, 4.69) is 16.7 Å². The van der Waals surface area contributed by atoms with Crippen LogP contribution in [0.1, 0.15) is 34.8 Å². The number of nitriles is 1. The number of aromatic nitrogens is 1. The van der Waals surface area contributed by atoms with Crippen LogP contribution < -0.4 is 10.6 Å². The normalized spacial score (nSPS) is 22.2. The largest absolute Gasteiger partial charge is 0.344 e. The molecular weight excluding hydrogens is 347 g/mol. The molecule has 1 amide bonds. The number of halogens is 2. The van der Waals surface area contributed by atoms with Gasteiger partial charge >= 0.3 is 0 Å². The number of carbonyl (C=O) groups excluding carboxylic acids is 1. The quantitative estimate of drug-likeness (QED) is 0.756. The average molecular weight is 363 g/mol. The van der Waals surface area contributed by atoms with Gasteiger partial charge in [0.2, 0.25) is 0 Å². The van der Waals surface area contributed by atoms with Gasteiger partial charge in [-0.15, -0.1) is 0 Å². The molecule has 0 saturated carbocycles. The van der Waals surface area contributed by atoms with Crippen molar-refractivity contribution in [1.82, 2.24) is 15.2 Å². The molecule has 2 aromatic rings. The minimum Gasteiger partial charge on any atom is -0.344 e. The Morgan fingerprint density at radius 1 is 1.33 bits per heavy atom. The van der Waals surface area contributed by atoms with Gasteiger partial charge < -0.3 is 15.2 Å². The number of fused-ring (bicyclic) bond motifs is 3. The van der Waals surface area contributed by atoms with Crippen molar-refractivity contribution in [2.24, 2.45) is 7.05 Å². The molecule has 7 heteroatoms. The molecule has 4 rings (SSSR count). The van der Waals surface area contributed by atoms with E-state index in [9.17, 15) is 10.1 Å².